The van der Waals surface area contributed by atoms with Gasteiger partial charge in [-0.15, -0.1) is 0 Å². The van der Waals surface area contributed by atoms with Gasteiger partial charge in [-0.3, -0.25) is 4.79 Å². The van der Waals surface area contributed by atoms with Gasteiger partial charge >= 0.3 is 6.09 Å². The number of nitrogens with zero attached hydrogens (tertiary/aromatic N) is 1. The minimum atomic E-state index is -0.388. The largest absolute Gasteiger partial charge is 0.497 e. The molecule has 2 heterocycles. The molecule has 2 unspecified atom stereocenters. The molecule has 2 aliphatic rings. The summed E-state index contributed by atoms with van der Waals surface area (Å²) >= 11 is 0. The number of hydrogen-bond donors (Lipinski definition) is 1. The SMILES string of the molecule is COc1ccc2c(c1)C1CN(C(=O)OCc3ccccc3)CC1C(=O)N2. The van der Waals surface area contributed by atoms with Crippen molar-refractivity contribution >= 4 is 17.7 Å². The van der Waals surface area contributed by atoms with Gasteiger partial charge in [0.25, 0.3) is 0 Å². The van der Waals surface area contributed by atoms with Gasteiger partial charge in [0.15, 0.2) is 0 Å². The first-order chi connectivity index (χ1) is 12.7. The molecule has 1 N–H and O–H groups in total. The van der Waals surface area contributed by atoms with Crippen molar-refractivity contribution in [2.75, 3.05) is 25.5 Å². The summed E-state index contributed by atoms with van der Waals surface area (Å²) in [5, 5.41) is 2.93. The second-order valence-corrected chi connectivity index (χ2v) is 6.60. The highest BCUT2D eigenvalue weighted by Crippen LogP contribution is 2.42. The second-order valence-electron chi connectivity index (χ2n) is 6.60. The number of carbonyl (C=O) groups is 2. The summed E-state index contributed by atoms with van der Waals surface area (Å²) in [6, 6.07) is 15.1. The molecule has 0 aromatic heterocycles. The third-order valence-corrected chi connectivity index (χ3v) is 5.04. The summed E-state index contributed by atoms with van der Waals surface area (Å²) in [6.07, 6.45) is -0.388. The number of benzene rings is 2. The van der Waals surface area contributed by atoms with Gasteiger partial charge < -0.3 is 19.7 Å². The second kappa shape index (κ2) is 6.71. The van der Waals surface area contributed by atoms with E-state index >= 15 is 0 Å². The highest BCUT2D eigenvalue weighted by atomic mass is 16.6. The number of carbonyl (C=O) groups excluding carboxylic acids is 2. The molecule has 6 heteroatoms. The van der Waals surface area contributed by atoms with Crippen molar-refractivity contribution in [1.29, 1.82) is 0 Å². The van der Waals surface area contributed by atoms with E-state index in [1.807, 2.05) is 48.5 Å². The molecule has 26 heavy (non-hydrogen) atoms. The maximum atomic E-state index is 12.5. The first-order valence-corrected chi connectivity index (χ1v) is 8.60. The van der Waals surface area contributed by atoms with Crippen molar-refractivity contribution < 1.29 is 19.1 Å². The Labute approximate surface area is 151 Å². The third kappa shape index (κ3) is 2.98. The zero-order valence-corrected chi connectivity index (χ0v) is 14.5. The summed E-state index contributed by atoms with van der Waals surface area (Å²) in [5.41, 5.74) is 2.73. The Balaban J connectivity index is 1.49. The highest BCUT2D eigenvalue weighted by molar-refractivity contribution is 5.97. The lowest BCUT2D eigenvalue weighted by Crippen LogP contribution is -2.33. The Hall–Kier alpha value is -3.02. The van der Waals surface area contributed by atoms with E-state index in [9.17, 15) is 9.59 Å². The number of nitrogens with one attached hydrogen (secondary N) is 1. The summed E-state index contributed by atoms with van der Waals surface area (Å²) in [5.74, 6) is 0.381. The van der Waals surface area contributed by atoms with Crippen LogP contribution < -0.4 is 10.1 Å². The summed E-state index contributed by atoms with van der Waals surface area (Å²) in [7, 11) is 1.61. The van der Waals surface area contributed by atoms with Gasteiger partial charge in [-0.1, -0.05) is 30.3 Å². The summed E-state index contributed by atoms with van der Waals surface area (Å²) in [6.45, 7) is 1.05. The molecule has 2 amide bonds. The molecule has 1 saturated heterocycles. The van der Waals surface area contributed by atoms with Gasteiger partial charge in [-0.2, -0.15) is 0 Å². The molecule has 4 rings (SSSR count). The molecule has 0 radical (unpaired) electrons. The monoisotopic (exact) mass is 352 g/mol. The fourth-order valence-electron chi connectivity index (χ4n) is 3.66. The van der Waals surface area contributed by atoms with E-state index < -0.39 is 0 Å². The number of anilines is 1. The zero-order valence-electron chi connectivity index (χ0n) is 14.5. The number of likely N-dealkylation sites (tertiary alicyclic amines) is 1. The molecule has 0 saturated carbocycles. The Kier molecular flexibility index (Phi) is 4.24. The van der Waals surface area contributed by atoms with Crippen LogP contribution >= 0.6 is 0 Å². The van der Waals surface area contributed by atoms with Crippen LogP contribution in [0.5, 0.6) is 5.75 Å². The van der Waals surface area contributed by atoms with E-state index in [2.05, 4.69) is 5.32 Å². The molecule has 2 atom stereocenters. The lowest BCUT2D eigenvalue weighted by molar-refractivity contribution is -0.120. The average molecular weight is 352 g/mol. The Morgan fingerprint density at radius 1 is 1.15 bits per heavy atom. The number of ether oxygens (including phenoxy) is 2. The Morgan fingerprint density at radius 2 is 1.92 bits per heavy atom. The van der Waals surface area contributed by atoms with Crippen LogP contribution in [0.2, 0.25) is 0 Å². The van der Waals surface area contributed by atoms with Crippen molar-refractivity contribution in [3.05, 3.63) is 59.7 Å². The van der Waals surface area contributed by atoms with Gasteiger partial charge in [0, 0.05) is 24.7 Å². The topological polar surface area (TPSA) is 67.9 Å². The van der Waals surface area contributed by atoms with Crippen LogP contribution in [0.4, 0.5) is 10.5 Å². The van der Waals surface area contributed by atoms with Crippen molar-refractivity contribution in [2.45, 2.75) is 12.5 Å². The number of hydrogen-bond acceptors (Lipinski definition) is 4. The minimum absolute atomic E-state index is 0.0434. The molecule has 2 aromatic rings. The molecular weight excluding hydrogens is 332 g/mol. The fraction of sp³-hybridized carbons (Fsp3) is 0.300. The molecule has 0 bridgehead atoms. The van der Waals surface area contributed by atoms with Crippen molar-refractivity contribution in [1.82, 2.24) is 4.90 Å². The Morgan fingerprint density at radius 3 is 2.69 bits per heavy atom. The molecule has 2 aromatic carbocycles. The van der Waals surface area contributed by atoms with Crippen molar-refractivity contribution in [2.24, 2.45) is 5.92 Å². The molecule has 1 fully saturated rings. The van der Waals surface area contributed by atoms with E-state index in [1.54, 1.807) is 12.0 Å². The van der Waals surface area contributed by atoms with E-state index in [0.29, 0.717) is 13.1 Å². The quantitative estimate of drug-likeness (QED) is 0.922. The number of rotatable bonds is 3. The van der Waals surface area contributed by atoms with Gasteiger partial charge in [0.05, 0.1) is 13.0 Å². The first-order valence-electron chi connectivity index (χ1n) is 8.60. The normalized spacial score (nSPS) is 20.8. The molecular formula is C20H20N2O4. The van der Waals surface area contributed by atoms with Crippen LogP contribution in [0.25, 0.3) is 0 Å². The lowest BCUT2D eigenvalue weighted by Gasteiger charge is -2.27. The number of amides is 2. The summed E-state index contributed by atoms with van der Waals surface area (Å²) < 4.78 is 10.7. The van der Waals surface area contributed by atoms with Gasteiger partial charge in [0.1, 0.15) is 12.4 Å². The van der Waals surface area contributed by atoms with Gasteiger partial charge in [-0.05, 0) is 29.3 Å². The minimum Gasteiger partial charge on any atom is -0.497 e. The third-order valence-electron chi connectivity index (χ3n) is 5.04. The molecule has 6 nitrogen and oxygen atoms in total. The van der Waals surface area contributed by atoms with Crippen LogP contribution in [0, 0.1) is 5.92 Å². The van der Waals surface area contributed by atoms with Crippen LogP contribution in [0.3, 0.4) is 0 Å². The van der Waals surface area contributed by atoms with Crippen LogP contribution in [0.1, 0.15) is 17.0 Å². The van der Waals surface area contributed by atoms with E-state index in [4.69, 9.17) is 9.47 Å². The van der Waals surface area contributed by atoms with E-state index in [1.165, 1.54) is 0 Å². The van der Waals surface area contributed by atoms with Crippen LogP contribution in [-0.2, 0) is 16.1 Å². The molecule has 134 valence electrons. The van der Waals surface area contributed by atoms with Gasteiger partial charge in [-0.25, -0.2) is 4.79 Å². The fourth-order valence-corrected chi connectivity index (χ4v) is 3.66. The maximum Gasteiger partial charge on any atom is 0.410 e. The standard InChI is InChI=1S/C20H20N2O4/c1-25-14-7-8-18-15(9-14)16-10-22(11-17(16)19(23)21-18)20(24)26-12-13-5-3-2-4-6-13/h2-9,16-17H,10-12H2,1H3,(H,21,23). The molecule has 2 aliphatic heterocycles. The highest BCUT2D eigenvalue weighted by Gasteiger charge is 2.44. The van der Waals surface area contributed by atoms with Crippen molar-refractivity contribution in [3.63, 3.8) is 0 Å². The average Bonchev–Trinajstić information content (AvgIpc) is 3.13. The number of methoxy groups -OCH3 is 1. The van der Waals surface area contributed by atoms with E-state index in [-0.39, 0.29) is 30.4 Å². The zero-order chi connectivity index (χ0) is 18.1. The lowest BCUT2D eigenvalue weighted by atomic mass is 9.84. The number of fused-ring (bicyclic) bond motifs is 3. The van der Waals surface area contributed by atoms with Crippen molar-refractivity contribution in [3.8, 4) is 5.75 Å². The Bertz CT molecular complexity index is 837. The van der Waals surface area contributed by atoms with E-state index in [0.717, 1.165) is 22.6 Å². The first kappa shape index (κ1) is 16.4. The molecule has 0 spiro atoms. The predicted molar refractivity (Wildman–Crippen MR) is 96.1 cm³/mol. The smallest absolute Gasteiger partial charge is 0.410 e. The molecule has 0 aliphatic carbocycles. The maximum absolute atomic E-state index is 12.5. The van der Waals surface area contributed by atoms with Crippen LogP contribution in [0.15, 0.2) is 48.5 Å². The van der Waals surface area contributed by atoms with Gasteiger partial charge in [0.2, 0.25) is 5.91 Å². The predicted octanol–water partition coefficient (Wildman–Crippen LogP) is 3.00. The van der Waals surface area contributed by atoms with Crippen LogP contribution in [-0.4, -0.2) is 37.1 Å². The summed E-state index contributed by atoms with van der Waals surface area (Å²) in [4.78, 5) is 26.5.